The van der Waals surface area contributed by atoms with E-state index >= 15 is 0 Å². The van der Waals surface area contributed by atoms with Crippen LogP contribution in [0.5, 0.6) is 0 Å². The van der Waals surface area contributed by atoms with Crippen molar-refractivity contribution in [2.24, 2.45) is 11.3 Å². The zero-order valence-electron chi connectivity index (χ0n) is 14.3. The van der Waals surface area contributed by atoms with Crippen molar-refractivity contribution in [3.05, 3.63) is 53.1 Å². The number of benzene rings is 1. The van der Waals surface area contributed by atoms with Gasteiger partial charge in [0.15, 0.2) is 0 Å². The first-order chi connectivity index (χ1) is 10.4. The summed E-state index contributed by atoms with van der Waals surface area (Å²) in [7, 11) is 0. The van der Waals surface area contributed by atoms with Crippen LogP contribution in [0.15, 0.2) is 42.0 Å². The second kappa shape index (κ2) is 6.97. The van der Waals surface area contributed by atoms with Gasteiger partial charge in [-0.25, -0.2) is 0 Å². The van der Waals surface area contributed by atoms with E-state index in [0.717, 1.165) is 25.7 Å². The molecule has 0 N–H and O–H groups in total. The topological polar surface area (TPSA) is 23.8 Å². The second-order valence-corrected chi connectivity index (χ2v) is 7.23. The van der Waals surface area contributed by atoms with Gasteiger partial charge in [-0.1, -0.05) is 54.5 Å². The van der Waals surface area contributed by atoms with Gasteiger partial charge in [-0.05, 0) is 63.5 Å². The lowest BCUT2D eigenvalue weighted by molar-refractivity contribution is 0.398. The molecule has 1 nitrogen and oxygen atoms in total. The molecule has 0 aromatic heterocycles. The largest absolute Gasteiger partial charge is 0.198 e. The van der Waals surface area contributed by atoms with Crippen molar-refractivity contribution in [3.63, 3.8) is 0 Å². The average Bonchev–Trinajstić information content (AvgIpc) is 2.54. The van der Waals surface area contributed by atoms with Gasteiger partial charge in [0.1, 0.15) is 0 Å². The highest BCUT2D eigenvalue weighted by molar-refractivity contribution is 5.68. The van der Waals surface area contributed by atoms with E-state index in [2.05, 4.69) is 56.3 Å². The smallest absolute Gasteiger partial charge is 0.0683 e. The Balaban J connectivity index is 2.00. The lowest BCUT2D eigenvalue weighted by Crippen LogP contribution is -2.11. The normalized spacial score (nSPS) is 16.5. The van der Waals surface area contributed by atoms with Gasteiger partial charge in [-0.3, -0.25) is 0 Å². The zero-order chi connectivity index (χ0) is 16.2. The van der Waals surface area contributed by atoms with Crippen molar-refractivity contribution < 1.29 is 0 Å². The van der Waals surface area contributed by atoms with Crippen molar-refractivity contribution in [2.75, 3.05) is 0 Å². The summed E-state index contributed by atoms with van der Waals surface area (Å²) in [6, 6.07) is 11.2. The maximum absolute atomic E-state index is 9.12. The Hall–Kier alpha value is -1.81. The lowest BCUT2D eigenvalue weighted by Gasteiger charge is -2.23. The standard InChI is InChI=1S/C21H27N/c1-16-5-7-19(8-6-16)20-11-9-18(10-12-20)17(2)13-14-21(3,4)15-22/h5-9,11,17H,10,12-14H2,1-4H3. The molecule has 2 rings (SSSR count). The van der Waals surface area contributed by atoms with Gasteiger partial charge in [0.05, 0.1) is 11.5 Å². The molecule has 1 aliphatic rings. The molecule has 0 saturated carbocycles. The zero-order valence-corrected chi connectivity index (χ0v) is 14.3. The summed E-state index contributed by atoms with van der Waals surface area (Å²) in [5.41, 5.74) is 5.43. The number of nitrogens with zero attached hydrogens (tertiary/aromatic N) is 1. The molecule has 0 bridgehead atoms. The highest BCUT2D eigenvalue weighted by Gasteiger charge is 2.20. The molecule has 116 valence electrons. The van der Waals surface area contributed by atoms with Crippen LogP contribution in [0.3, 0.4) is 0 Å². The van der Waals surface area contributed by atoms with Crippen LogP contribution >= 0.6 is 0 Å². The minimum atomic E-state index is -0.202. The fraction of sp³-hybridized carbons (Fsp3) is 0.476. The Morgan fingerprint density at radius 1 is 1.14 bits per heavy atom. The Morgan fingerprint density at radius 3 is 2.36 bits per heavy atom. The summed E-state index contributed by atoms with van der Waals surface area (Å²) >= 11 is 0. The summed E-state index contributed by atoms with van der Waals surface area (Å²) in [5, 5.41) is 9.12. The van der Waals surface area contributed by atoms with Crippen LogP contribution in [0, 0.1) is 29.6 Å². The third-order valence-electron chi connectivity index (χ3n) is 4.74. The second-order valence-electron chi connectivity index (χ2n) is 7.23. The predicted octanol–water partition coefficient (Wildman–Crippen LogP) is 6.06. The van der Waals surface area contributed by atoms with Gasteiger partial charge in [-0.2, -0.15) is 5.26 Å². The monoisotopic (exact) mass is 293 g/mol. The van der Waals surface area contributed by atoms with E-state index in [-0.39, 0.29) is 5.41 Å². The molecule has 0 heterocycles. The van der Waals surface area contributed by atoms with Gasteiger partial charge in [-0.15, -0.1) is 0 Å². The summed E-state index contributed by atoms with van der Waals surface area (Å²) in [6.07, 6.45) is 8.93. The molecule has 0 saturated heterocycles. The quantitative estimate of drug-likeness (QED) is 0.647. The molecule has 1 atom stereocenters. The van der Waals surface area contributed by atoms with E-state index in [4.69, 9.17) is 5.26 Å². The highest BCUT2D eigenvalue weighted by Crippen LogP contribution is 2.33. The number of hydrogen-bond acceptors (Lipinski definition) is 1. The van der Waals surface area contributed by atoms with Crippen LogP contribution in [-0.2, 0) is 0 Å². The molecule has 1 unspecified atom stereocenters. The minimum Gasteiger partial charge on any atom is -0.198 e. The molecular formula is C21H27N. The molecule has 1 aliphatic carbocycles. The first kappa shape index (κ1) is 16.6. The Kier molecular flexibility index (Phi) is 5.24. The molecule has 0 fully saturated rings. The van der Waals surface area contributed by atoms with Gasteiger partial charge in [0.2, 0.25) is 0 Å². The van der Waals surface area contributed by atoms with Crippen LogP contribution in [0.4, 0.5) is 0 Å². The first-order valence-corrected chi connectivity index (χ1v) is 8.29. The first-order valence-electron chi connectivity index (χ1n) is 8.29. The van der Waals surface area contributed by atoms with Crippen molar-refractivity contribution >= 4 is 5.57 Å². The number of hydrogen-bond donors (Lipinski definition) is 0. The molecule has 22 heavy (non-hydrogen) atoms. The predicted molar refractivity (Wildman–Crippen MR) is 94.3 cm³/mol. The van der Waals surface area contributed by atoms with Gasteiger partial charge >= 0.3 is 0 Å². The Labute approximate surface area is 135 Å². The van der Waals surface area contributed by atoms with Gasteiger partial charge in [0.25, 0.3) is 0 Å². The summed E-state index contributed by atoms with van der Waals surface area (Å²) in [6.45, 7) is 8.49. The molecule has 0 radical (unpaired) electrons. The molecular weight excluding hydrogens is 266 g/mol. The fourth-order valence-electron chi connectivity index (χ4n) is 2.89. The van der Waals surface area contributed by atoms with E-state index in [1.165, 1.54) is 22.3 Å². The van der Waals surface area contributed by atoms with E-state index in [9.17, 15) is 0 Å². The maximum Gasteiger partial charge on any atom is 0.0683 e. The maximum atomic E-state index is 9.12. The number of allylic oxidation sites excluding steroid dienone is 4. The average molecular weight is 293 g/mol. The number of nitriles is 1. The third-order valence-corrected chi connectivity index (χ3v) is 4.74. The van der Waals surface area contributed by atoms with Gasteiger partial charge in [0, 0.05) is 0 Å². The van der Waals surface area contributed by atoms with Crippen LogP contribution in [0.2, 0.25) is 0 Å². The van der Waals surface area contributed by atoms with E-state index < -0.39 is 0 Å². The van der Waals surface area contributed by atoms with E-state index in [1.807, 2.05) is 13.8 Å². The Morgan fingerprint density at radius 2 is 1.82 bits per heavy atom. The van der Waals surface area contributed by atoms with Crippen LogP contribution in [0.25, 0.3) is 5.57 Å². The highest BCUT2D eigenvalue weighted by atomic mass is 14.3. The van der Waals surface area contributed by atoms with E-state index in [0.29, 0.717) is 5.92 Å². The summed E-state index contributed by atoms with van der Waals surface area (Å²) in [4.78, 5) is 0. The molecule has 1 heteroatoms. The van der Waals surface area contributed by atoms with Crippen LogP contribution < -0.4 is 0 Å². The molecule has 0 aliphatic heterocycles. The fourth-order valence-corrected chi connectivity index (χ4v) is 2.89. The molecule has 1 aromatic rings. The van der Waals surface area contributed by atoms with Crippen molar-refractivity contribution in [1.29, 1.82) is 5.26 Å². The molecule has 0 spiro atoms. The molecule has 1 aromatic carbocycles. The van der Waals surface area contributed by atoms with Crippen LogP contribution in [0.1, 0.15) is 57.6 Å². The van der Waals surface area contributed by atoms with E-state index in [1.54, 1.807) is 0 Å². The SMILES string of the molecule is Cc1ccc(C2=CC=C(C(C)CCC(C)(C)C#N)CC2)cc1. The summed E-state index contributed by atoms with van der Waals surface area (Å²) < 4.78 is 0. The van der Waals surface area contributed by atoms with Crippen LogP contribution in [-0.4, -0.2) is 0 Å². The number of aryl methyl sites for hydroxylation is 1. The Bertz CT molecular complexity index is 608. The summed E-state index contributed by atoms with van der Waals surface area (Å²) in [5.74, 6) is 0.573. The van der Waals surface area contributed by atoms with Crippen molar-refractivity contribution in [3.8, 4) is 6.07 Å². The minimum absolute atomic E-state index is 0.202. The molecule has 0 amide bonds. The number of rotatable bonds is 5. The van der Waals surface area contributed by atoms with Gasteiger partial charge < -0.3 is 0 Å². The van der Waals surface area contributed by atoms with Crippen molar-refractivity contribution in [1.82, 2.24) is 0 Å². The lowest BCUT2D eigenvalue weighted by atomic mass is 9.81. The van der Waals surface area contributed by atoms with Crippen molar-refractivity contribution in [2.45, 2.75) is 53.4 Å². The third kappa shape index (κ3) is 4.34.